The summed E-state index contributed by atoms with van der Waals surface area (Å²) >= 11 is 0. The van der Waals surface area contributed by atoms with Gasteiger partial charge in [-0.25, -0.2) is 12.4 Å². The molecule has 0 radical (unpaired) electrons. The third kappa shape index (κ3) is 2.12. The van der Waals surface area contributed by atoms with Gasteiger partial charge in [0.25, 0.3) is 10.0 Å². The molecular weight excluding hydrogens is 254 g/mol. The number of hydrogen-bond acceptors (Lipinski definition) is 4. The van der Waals surface area contributed by atoms with Gasteiger partial charge in [-0.3, -0.25) is 0 Å². The molecule has 0 saturated carbocycles. The molecule has 96 valence electrons. The number of rotatable bonds is 3. The molecule has 0 atom stereocenters. The molecule has 1 aromatic heterocycles. The molecule has 0 amide bonds. The largest absolute Gasteiger partial charge is 0.506 e. The van der Waals surface area contributed by atoms with E-state index in [2.05, 4.69) is 0 Å². The lowest BCUT2D eigenvalue weighted by Gasteiger charge is -2.08. The van der Waals surface area contributed by atoms with Crippen molar-refractivity contribution in [3.63, 3.8) is 0 Å². The van der Waals surface area contributed by atoms with Crippen LogP contribution in [0.2, 0.25) is 0 Å². The van der Waals surface area contributed by atoms with Crippen LogP contribution in [0.1, 0.15) is 11.3 Å². The second-order valence-electron chi connectivity index (χ2n) is 3.96. The summed E-state index contributed by atoms with van der Waals surface area (Å²) in [6.07, 6.45) is 1.07. The van der Waals surface area contributed by atoms with E-state index in [9.17, 15) is 13.5 Å². The van der Waals surface area contributed by atoms with Gasteiger partial charge in [0.05, 0.1) is 23.4 Å². The Balaban J connectivity index is 2.57. The van der Waals surface area contributed by atoms with Crippen molar-refractivity contribution in [3.05, 3.63) is 47.8 Å². The average Bonchev–Trinajstić information content (AvgIpc) is 2.72. The number of aliphatic hydroxyl groups excluding tert-OH is 1. The molecule has 2 aromatic rings. The zero-order chi connectivity index (χ0) is 13.3. The number of aryl methyl sites for hydroxylation is 1. The number of nitrogens with zero attached hydrogens (tertiary/aromatic N) is 1. The van der Waals surface area contributed by atoms with E-state index < -0.39 is 16.6 Å². The normalized spacial score (nSPS) is 11.7. The van der Waals surface area contributed by atoms with Gasteiger partial charge in [-0.15, -0.1) is 0 Å². The number of benzene rings is 1. The SMILES string of the molecule is Cc1ccc(S(=O)(=O)n2cc(O)cc2CO)cc1. The van der Waals surface area contributed by atoms with Crippen LogP contribution in [-0.2, 0) is 16.6 Å². The Kier molecular flexibility index (Phi) is 3.14. The van der Waals surface area contributed by atoms with Crippen molar-refractivity contribution in [3.8, 4) is 5.75 Å². The number of hydrogen-bond donors (Lipinski definition) is 2. The van der Waals surface area contributed by atoms with Crippen LogP contribution >= 0.6 is 0 Å². The highest BCUT2D eigenvalue weighted by atomic mass is 32.2. The molecule has 0 aliphatic heterocycles. The predicted octanol–water partition coefficient (Wildman–Crippen LogP) is 1.23. The highest BCUT2D eigenvalue weighted by molar-refractivity contribution is 7.90. The van der Waals surface area contributed by atoms with E-state index in [0.717, 1.165) is 15.7 Å². The van der Waals surface area contributed by atoms with Crippen molar-refractivity contribution in [2.75, 3.05) is 0 Å². The van der Waals surface area contributed by atoms with Crippen molar-refractivity contribution in [1.29, 1.82) is 0 Å². The van der Waals surface area contributed by atoms with E-state index in [4.69, 9.17) is 5.11 Å². The smallest absolute Gasteiger partial charge is 0.268 e. The van der Waals surface area contributed by atoms with E-state index in [1.807, 2.05) is 6.92 Å². The van der Waals surface area contributed by atoms with Gasteiger partial charge in [-0.05, 0) is 19.1 Å². The molecule has 2 rings (SSSR count). The zero-order valence-corrected chi connectivity index (χ0v) is 10.6. The number of aliphatic hydroxyl groups is 1. The highest BCUT2D eigenvalue weighted by Gasteiger charge is 2.20. The molecule has 18 heavy (non-hydrogen) atoms. The van der Waals surface area contributed by atoms with Crippen LogP contribution in [0.25, 0.3) is 0 Å². The van der Waals surface area contributed by atoms with Gasteiger partial charge in [-0.2, -0.15) is 0 Å². The first-order valence-electron chi connectivity index (χ1n) is 5.28. The fraction of sp³-hybridized carbons (Fsp3) is 0.167. The molecule has 0 fully saturated rings. The summed E-state index contributed by atoms with van der Waals surface area (Å²) < 4.78 is 25.4. The van der Waals surface area contributed by atoms with Gasteiger partial charge in [0, 0.05) is 6.07 Å². The molecule has 0 unspecified atom stereocenters. The Morgan fingerprint density at radius 1 is 1.22 bits per heavy atom. The molecule has 2 N–H and O–H groups in total. The van der Waals surface area contributed by atoms with Crippen molar-refractivity contribution in [1.82, 2.24) is 3.97 Å². The Hall–Kier alpha value is -1.79. The van der Waals surface area contributed by atoms with Crippen molar-refractivity contribution >= 4 is 10.0 Å². The second-order valence-corrected chi connectivity index (χ2v) is 5.78. The summed E-state index contributed by atoms with van der Waals surface area (Å²) in [5.41, 5.74) is 1.07. The fourth-order valence-corrected chi connectivity index (χ4v) is 3.01. The molecule has 6 heteroatoms. The van der Waals surface area contributed by atoms with Crippen LogP contribution in [0.15, 0.2) is 41.4 Å². The molecule has 5 nitrogen and oxygen atoms in total. The summed E-state index contributed by atoms with van der Waals surface area (Å²) in [6, 6.07) is 7.57. The number of aromatic hydroxyl groups is 1. The summed E-state index contributed by atoms with van der Waals surface area (Å²) in [6.45, 7) is 1.39. The van der Waals surface area contributed by atoms with Crippen LogP contribution in [0.4, 0.5) is 0 Å². The minimum absolute atomic E-state index is 0.110. The first kappa shape index (κ1) is 12.7. The van der Waals surface area contributed by atoms with Crippen molar-refractivity contribution in [2.24, 2.45) is 0 Å². The standard InChI is InChI=1S/C12H13NO4S/c1-9-2-4-12(5-3-9)18(16,17)13-7-11(15)6-10(13)8-14/h2-7,14-15H,8H2,1H3. The van der Waals surface area contributed by atoms with Crippen LogP contribution in [-0.4, -0.2) is 22.6 Å². The van der Waals surface area contributed by atoms with E-state index in [1.54, 1.807) is 12.1 Å². The highest BCUT2D eigenvalue weighted by Crippen LogP contribution is 2.22. The van der Waals surface area contributed by atoms with Gasteiger partial charge >= 0.3 is 0 Å². The summed E-state index contributed by atoms with van der Waals surface area (Å²) in [5.74, 6) is -0.199. The topological polar surface area (TPSA) is 79.5 Å². The molecule has 0 bridgehead atoms. The van der Waals surface area contributed by atoms with Crippen LogP contribution < -0.4 is 0 Å². The Morgan fingerprint density at radius 3 is 2.39 bits per heavy atom. The first-order valence-corrected chi connectivity index (χ1v) is 6.72. The van der Waals surface area contributed by atoms with E-state index in [1.165, 1.54) is 18.2 Å². The van der Waals surface area contributed by atoms with Gasteiger partial charge in [-0.1, -0.05) is 17.7 Å². The Morgan fingerprint density at radius 2 is 1.83 bits per heavy atom. The maximum Gasteiger partial charge on any atom is 0.268 e. The van der Waals surface area contributed by atoms with E-state index in [0.29, 0.717) is 0 Å². The van der Waals surface area contributed by atoms with Crippen molar-refractivity contribution in [2.45, 2.75) is 18.4 Å². The second kappa shape index (κ2) is 4.47. The van der Waals surface area contributed by atoms with Gasteiger partial charge in [0.15, 0.2) is 0 Å². The molecule has 0 aliphatic rings. The molecule has 0 aliphatic carbocycles. The minimum atomic E-state index is -3.78. The third-order valence-electron chi connectivity index (χ3n) is 2.59. The Labute approximate surface area is 105 Å². The molecule has 0 spiro atoms. The lowest BCUT2D eigenvalue weighted by Crippen LogP contribution is -2.14. The molecule has 0 saturated heterocycles. The summed E-state index contributed by atoms with van der Waals surface area (Å²) in [5, 5.41) is 18.4. The zero-order valence-electron chi connectivity index (χ0n) is 9.74. The predicted molar refractivity (Wildman–Crippen MR) is 65.8 cm³/mol. The maximum atomic E-state index is 12.3. The maximum absolute atomic E-state index is 12.3. The third-order valence-corrected chi connectivity index (χ3v) is 4.31. The summed E-state index contributed by atoms with van der Waals surface area (Å²) in [4.78, 5) is 0.110. The van der Waals surface area contributed by atoms with Crippen molar-refractivity contribution < 1.29 is 18.6 Å². The van der Waals surface area contributed by atoms with E-state index in [-0.39, 0.29) is 16.3 Å². The quantitative estimate of drug-likeness (QED) is 0.876. The van der Waals surface area contributed by atoms with E-state index >= 15 is 0 Å². The lowest BCUT2D eigenvalue weighted by molar-refractivity contribution is 0.275. The molecular formula is C12H13NO4S. The lowest BCUT2D eigenvalue weighted by atomic mass is 10.2. The average molecular weight is 267 g/mol. The molecule has 1 aromatic carbocycles. The fourth-order valence-electron chi connectivity index (χ4n) is 1.64. The number of aromatic nitrogens is 1. The minimum Gasteiger partial charge on any atom is -0.506 e. The summed E-state index contributed by atoms with van der Waals surface area (Å²) in [7, 11) is -3.78. The monoisotopic (exact) mass is 267 g/mol. The van der Waals surface area contributed by atoms with Gasteiger partial charge < -0.3 is 10.2 Å². The van der Waals surface area contributed by atoms with Crippen LogP contribution in [0, 0.1) is 6.92 Å². The van der Waals surface area contributed by atoms with Crippen LogP contribution in [0.5, 0.6) is 5.75 Å². The van der Waals surface area contributed by atoms with Gasteiger partial charge in [0.2, 0.25) is 0 Å². The Bertz CT molecular complexity index is 656. The van der Waals surface area contributed by atoms with Gasteiger partial charge in [0.1, 0.15) is 5.75 Å². The first-order chi connectivity index (χ1) is 8.45. The van der Waals surface area contributed by atoms with Crippen LogP contribution in [0.3, 0.4) is 0 Å². The molecule has 1 heterocycles.